The minimum absolute atomic E-state index is 0.0708. The number of aryl methyl sites for hydroxylation is 1. The Balaban J connectivity index is 2.37. The number of benzene rings is 1. The zero-order valence-corrected chi connectivity index (χ0v) is 14.2. The largest absolute Gasteiger partial charge is 0.334 e. The molecular weight excluding hydrogens is 300 g/mol. The van der Waals surface area contributed by atoms with Gasteiger partial charge in [0.1, 0.15) is 0 Å². The van der Waals surface area contributed by atoms with E-state index in [0.717, 1.165) is 37.8 Å². The van der Waals surface area contributed by atoms with Crippen molar-refractivity contribution in [3.8, 4) is 0 Å². The molecule has 122 valence electrons. The van der Waals surface area contributed by atoms with Gasteiger partial charge in [0.25, 0.3) is 5.91 Å². The Kier molecular flexibility index (Phi) is 5.24. The summed E-state index contributed by atoms with van der Waals surface area (Å²) in [7, 11) is -3.32. The van der Waals surface area contributed by atoms with Crippen LogP contribution in [0.2, 0.25) is 0 Å². The van der Waals surface area contributed by atoms with E-state index >= 15 is 0 Å². The molecule has 5 nitrogen and oxygen atoms in total. The molecule has 0 aliphatic carbocycles. The Morgan fingerprint density at radius 1 is 1.41 bits per heavy atom. The van der Waals surface area contributed by atoms with Gasteiger partial charge in [0.15, 0.2) is 9.84 Å². The van der Waals surface area contributed by atoms with Crippen LogP contribution >= 0.6 is 0 Å². The van der Waals surface area contributed by atoms with Crippen LogP contribution in [0.25, 0.3) is 0 Å². The second kappa shape index (κ2) is 6.79. The van der Waals surface area contributed by atoms with Crippen molar-refractivity contribution in [2.45, 2.75) is 37.6 Å². The minimum Gasteiger partial charge on any atom is -0.334 e. The van der Waals surface area contributed by atoms with Gasteiger partial charge in [-0.15, -0.1) is 0 Å². The number of nitrogens with one attached hydrogen (secondary N) is 1. The van der Waals surface area contributed by atoms with Crippen molar-refractivity contribution in [1.29, 1.82) is 0 Å². The maximum absolute atomic E-state index is 12.9. The van der Waals surface area contributed by atoms with E-state index in [1.165, 1.54) is 6.07 Å². The van der Waals surface area contributed by atoms with Gasteiger partial charge in [-0.1, -0.05) is 13.0 Å². The fourth-order valence-electron chi connectivity index (χ4n) is 2.81. The van der Waals surface area contributed by atoms with Crippen molar-refractivity contribution in [2.75, 3.05) is 25.9 Å². The first-order chi connectivity index (χ1) is 10.3. The first kappa shape index (κ1) is 17.0. The van der Waals surface area contributed by atoms with Crippen molar-refractivity contribution >= 4 is 15.7 Å². The molecule has 1 aromatic carbocycles. The van der Waals surface area contributed by atoms with Crippen molar-refractivity contribution < 1.29 is 13.2 Å². The summed E-state index contributed by atoms with van der Waals surface area (Å²) in [6.45, 7) is 6.30. The van der Waals surface area contributed by atoms with Crippen LogP contribution in [0, 0.1) is 6.92 Å². The van der Waals surface area contributed by atoms with Gasteiger partial charge in [0.05, 0.1) is 4.90 Å². The summed E-state index contributed by atoms with van der Waals surface area (Å²) in [4.78, 5) is 15.0. The second-order valence-electron chi connectivity index (χ2n) is 5.89. The monoisotopic (exact) mass is 324 g/mol. The van der Waals surface area contributed by atoms with E-state index in [1.54, 1.807) is 12.1 Å². The first-order valence-electron chi connectivity index (χ1n) is 7.67. The van der Waals surface area contributed by atoms with Crippen LogP contribution in [0.15, 0.2) is 23.1 Å². The number of nitrogens with zero attached hydrogens (tertiary/aromatic N) is 1. The third-order valence-corrected chi connectivity index (χ3v) is 5.18. The number of carbonyl (C=O) groups is 1. The molecule has 0 aromatic heterocycles. The summed E-state index contributed by atoms with van der Waals surface area (Å²) in [5.41, 5.74) is 1.30. The van der Waals surface area contributed by atoms with E-state index in [2.05, 4.69) is 5.32 Å². The van der Waals surface area contributed by atoms with E-state index in [-0.39, 0.29) is 16.8 Å². The zero-order chi connectivity index (χ0) is 16.3. The highest BCUT2D eigenvalue weighted by atomic mass is 32.2. The van der Waals surface area contributed by atoms with E-state index in [0.29, 0.717) is 12.1 Å². The number of sulfone groups is 1. The lowest BCUT2D eigenvalue weighted by Gasteiger charge is -2.29. The molecule has 1 aliphatic rings. The Morgan fingerprint density at radius 3 is 2.68 bits per heavy atom. The number of carbonyl (C=O) groups excluding carboxylic acids is 1. The maximum atomic E-state index is 12.9. The normalized spacial score (nSPS) is 18.4. The lowest BCUT2D eigenvalue weighted by Crippen LogP contribution is -2.42. The topological polar surface area (TPSA) is 66.5 Å². The average Bonchev–Trinajstić information content (AvgIpc) is 2.97. The Labute approximate surface area is 132 Å². The molecule has 1 N–H and O–H groups in total. The molecule has 1 amide bonds. The lowest BCUT2D eigenvalue weighted by molar-refractivity contribution is 0.0691. The first-order valence-corrected chi connectivity index (χ1v) is 9.56. The third kappa shape index (κ3) is 3.67. The van der Waals surface area contributed by atoms with Crippen LogP contribution in [0.4, 0.5) is 0 Å². The average molecular weight is 324 g/mol. The van der Waals surface area contributed by atoms with Gasteiger partial charge in [-0.05, 0) is 44.0 Å². The third-order valence-electron chi connectivity index (χ3n) is 4.07. The standard InChI is InChI=1S/C16H24N2O3S/c1-4-9-18(13-7-8-17-11-13)16(19)15-10-14(22(3,20)21)6-5-12(15)2/h5-6,10,13,17H,4,7-9,11H2,1-3H3. The highest BCUT2D eigenvalue weighted by Crippen LogP contribution is 2.20. The molecule has 0 saturated carbocycles. The summed E-state index contributed by atoms with van der Waals surface area (Å²) < 4.78 is 23.5. The molecule has 1 heterocycles. The van der Waals surface area contributed by atoms with Crippen LogP contribution in [0.5, 0.6) is 0 Å². The highest BCUT2D eigenvalue weighted by molar-refractivity contribution is 7.90. The van der Waals surface area contributed by atoms with Crippen LogP contribution < -0.4 is 5.32 Å². The Hall–Kier alpha value is -1.40. The predicted molar refractivity (Wildman–Crippen MR) is 86.9 cm³/mol. The second-order valence-corrected chi connectivity index (χ2v) is 7.91. The van der Waals surface area contributed by atoms with Gasteiger partial charge < -0.3 is 10.2 Å². The summed E-state index contributed by atoms with van der Waals surface area (Å²) in [5, 5.41) is 3.28. The smallest absolute Gasteiger partial charge is 0.254 e. The molecule has 6 heteroatoms. The summed E-state index contributed by atoms with van der Waals surface area (Å²) in [6.07, 6.45) is 2.99. The van der Waals surface area contributed by atoms with Gasteiger partial charge in [0, 0.05) is 31.0 Å². The molecule has 1 saturated heterocycles. The highest BCUT2D eigenvalue weighted by Gasteiger charge is 2.28. The summed E-state index contributed by atoms with van der Waals surface area (Å²) in [5.74, 6) is -0.0708. The fraction of sp³-hybridized carbons (Fsp3) is 0.562. The number of rotatable bonds is 5. The molecule has 1 unspecified atom stereocenters. The SMILES string of the molecule is CCCN(C(=O)c1cc(S(C)(=O)=O)ccc1C)C1CCNC1. The number of amides is 1. The van der Waals surface area contributed by atoms with Crippen molar-refractivity contribution in [3.63, 3.8) is 0 Å². The van der Waals surface area contributed by atoms with Gasteiger partial charge in [-0.2, -0.15) is 0 Å². The molecule has 0 bridgehead atoms. The molecule has 1 fully saturated rings. The molecule has 1 aromatic rings. The Morgan fingerprint density at radius 2 is 2.14 bits per heavy atom. The van der Waals surface area contributed by atoms with Crippen molar-refractivity contribution in [3.05, 3.63) is 29.3 Å². The lowest BCUT2D eigenvalue weighted by atomic mass is 10.1. The van der Waals surface area contributed by atoms with E-state index in [1.807, 2.05) is 18.7 Å². The van der Waals surface area contributed by atoms with Gasteiger partial charge >= 0.3 is 0 Å². The molecule has 2 rings (SSSR count). The van der Waals surface area contributed by atoms with Crippen molar-refractivity contribution in [2.24, 2.45) is 0 Å². The van der Waals surface area contributed by atoms with E-state index in [9.17, 15) is 13.2 Å². The minimum atomic E-state index is -3.32. The molecule has 0 radical (unpaired) electrons. The van der Waals surface area contributed by atoms with E-state index in [4.69, 9.17) is 0 Å². The van der Waals surface area contributed by atoms with Gasteiger partial charge in [-0.25, -0.2) is 8.42 Å². The van der Waals surface area contributed by atoms with Crippen LogP contribution in [0.1, 0.15) is 35.7 Å². The summed E-state index contributed by atoms with van der Waals surface area (Å²) >= 11 is 0. The number of hydrogen-bond acceptors (Lipinski definition) is 4. The zero-order valence-electron chi connectivity index (χ0n) is 13.4. The van der Waals surface area contributed by atoms with Crippen LogP contribution in [-0.4, -0.2) is 51.2 Å². The van der Waals surface area contributed by atoms with Crippen LogP contribution in [-0.2, 0) is 9.84 Å². The van der Waals surface area contributed by atoms with E-state index < -0.39 is 9.84 Å². The molecular formula is C16H24N2O3S. The predicted octanol–water partition coefficient (Wildman–Crippen LogP) is 1.61. The summed E-state index contributed by atoms with van der Waals surface area (Å²) in [6, 6.07) is 4.97. The van der Waals surface area contributed by atoms with Crippen molar-refractivity contribution in [1.82, 2.24) is 10.2 Å². The fourth-order valence-corrected chi connectivity index (χ4v) is 3.46. The molecule has 1 atom stereocenters. The van der Waals surface area contributed by atoms with Gasteiger partial charge in [-0.3, -0.25) is 4.79 Å². The molecule has 22 heavy (non-hydrogen) atoms. The molecule has 1 aliphatic heterocycles. The molecule has 0 spiro atoms. The number of hydrogen-bond donors (Lipinski definition) is 1. The van der Waals surface area contributed by atoms with Crippen LogP contribution in [0.3, 0.4) is 0 Å². The van der Waals surface area contributed by atoms with Gasteiger partial charge in [0.2, 0.25) is 0 Å². The maximum Gasteiger partial charge on any atom is 0.254 e. The Bertz CT molecular complexity index is 649. The quantitative estimate of drug-likeness (QED) is 0.894.